The van der Waals surface area contributed by atoms with E-state index in [2.05, 4.69) is 0 Å². The van der Waals surface area contributed by atoms with E-state index in [1.165, 1.54) is 38.5 Å². The van der Waals surface area contributed by atoms with Gasteiger partial charge in [0.15, 0.2) is 0 Å². The van der Waals surface area contributed by atoms with Crippen molar-refractivity contribution in [3.8, 4) is 0 Å². The van der Waals surface area contributed by atoms with E-state index in [1.807, 2.05) is 13.0 Å². The fourth-order valence-electron chi connectivity index (χ4n) is 3.97. The normalized spacial score (nSPS) is 51.8. The van der Waals surface area contributed by atoms with E-state index in [-0.39, 0.29) is 0 Å². The Hall–Kier alpha value is -0.0400. The maximum atomic E-state index is 5.73. The molecule has 0 heterocycles. The van der Waals surface area contributed by atoms with Crippen molar-refractivity contribution in [2.75, 3.05) is 7.11 Å². The quantitative estimate of drug-likeness (QED) is 0.580. The van der Waals surface area contributed by atoms with Crippen LogP contribution in [-0.4, -0.2) is 12.7 Å². The predicted molar refractivity (Wildman–Crippen MR) is 47.7 cm³/mol. The van der Waals surface area contributed by atoms with Crippen LogP contribution in [-0.2, 0) is 4.74 Å². The summed E-state index contributed by atoms with van der Waals surface area (Å²) in [5.74, 6) is 3.79. The Bertz CT molecular complexity index is 162. The van der Waals surface area contributed by atoms with E-state index in [9.17, 15) is 0 Å². The van der Waals surface area contributed by atoms with Crippen LogP contribution in [0.1, 0.15) is 38.5 Å². The van der Waals surface area contributed by atoms with Crippen molar-refractivity contribution in [1.82, 2.24) is 0 Å². The molecule has 1 nitrogen and oxygen atoms in total. The van der Waals surface area contributed by atoms with Gasteiger partial charge in [-0.1, -0.05) is 0 Å². The SMILES string of the molecule is COC12C[C]3CC(CC(C3)C1)C2. The second-order valence-electron chi connectivity index (χ2n) is 5.10. The summed E-state index contributed by atoms with van der Waals surface area (Å²) < 4.78 is 5.73. The third-order valence-electron chi connectivity index (χ3n) is 4.15. The predicted octanol–water partition coefficient (Wildman–Crippen LogP) is 2.56. The van der Waals surface area contributed by atoms with Gasteiger partial charge >= 0.3 is 0 Å². The number of rotatable bonds is 1. The first-order valence-corrected chi connectivity index (χ1v) is 5.18. The highest BCUT2D eigenvalue weighted by atomic mass is 16.5. The van der Waals surface area contributed by atoms with Crippen molar-refractivity contribution in [1.29, 1.82) is 0 Å². The highest BCUT2D eigenvalue weighted by molar-refractivity contribution is 5.15. The summed E-state index contributed by atoms with van der Waals surface area (Å²) >= 11 is 0. The minimum Gasteiger partial charge on any atom is -0.378 e. The van der Waals surface area contributed by atoms with E-state index >= 15 is 0 Å². The summed E-state index contributed by atoms with van der Waals surface area (Å²) in [6, 6.07) is 0. The average molecular weight is 165 g/mol. The van der Waals surface area contributed by atoms with E-state index in [0.29, 0.717) is 5.60 Å². The molecule has 12 heavy (non-hydrogen) atoms. The molecule has 4 bridgehead atoms. The second-order valence-corrected chi connectivity index (χ2v) is 5.10. The Morgan fingerprint density at radius 2 is 1.92 bits per heavy atom. The fraction of sp³-hybridized carbons (Fsp3) is 0.909. The molecule has 2 unspecified atom stereocenters. The van der Waals surface area contributed by atoms with Crippen molar-refractivity contribution in [2.45, 2.75) is 44.1 Å². The molecule has 67 valence electrons. The van der Waals surface area contributed by atoms with Gasteiger partial charge in [-0.2, -0.15) is 0 Å². The zero-order valence-electron chi connectivity index (χ0n) is 7.81. The summed E-state index contributed by atoms with van der Waals surface area (Å²) in [5.41, 5.74) is 0.305. The Balaban J connectivity index is 1.90. The zero-order chi connectivity index (χ0) is 8.18. The molecule has 4 aliphatic rings. The highest BCUT2D eigenvalue weighted by Gasteiger charge is 2.51. The van der Waals surface area contributed by atoms with Crippen molar-refractivity contribution in [2.24, 2.45) is 11.8 Å². The number of hydrogen-bond donors (Lipinski definition) is 0. The second kappa shape index (κ2) is 2.25. The van der Waals surface area contributed by atoms with Gasteiger partial charge in [0.25, 0.3) is 0 Å². The van der Waals surface area contributed by atoms with Gasteiger partial charge in [-0.05, 0) is 56.3 Å². The minimum absolute atomic E-state index is 0.305. The lowest BCUT2D eigenvalue weighted by Crippen LogP contribution is -2.50. The zero-order valence-corrected chi connectivity index (χ0v) is 7.81. The molecule has 0 N–H and O–H groups in total. The molecule has 4 rings (SSSR count). The number of hydrogen-bond acceptors (Lipinski definition) is 1. The van der Waals surface area contributed by atoms with Crippen LogP contribution in [0.25, 0.3) is 0 Å². The van der Waals surface area contributed by atoms with E-state index < -0.39 is 0 Å². The van der Waals surface area contributed by atoms with Crippen molar-refractivity contribution in [3.63, 3.8) is 0 Å². The smallest absolute Gasteiger partial charge is 0.0689 e. The summed E-state index contributed by atoms with van der Waals surface area (Å²) in [7, 11) is 1.91. The maximum Gasteiger partial charge on any atom is 0.0689 e. The van der Waals surface area contributed by atoms with E-state index in [1.54, 1.807) is 0 Å². The van der Waals surface area contributed by atoms with Gasteiger partial charge in [-0.15, -0.1) is 0 Å². The minimum atomic E-state index is 0.305. The van der Waals surface area contributed by atoms with Gasteiger partial charge in [-0.3, -0.25) is 0 Å². The molecule has 4 saturated carbocycles. The third-order valence-corrected chi connectivity index (χ3v) is 4.15. The first kappa shape index (κ1) is 7.37. The number of methoxy groups -OCH3 is 1. The number of ether oxygens (including phenoxy) is 1. The topological polar surface area (TPSA) is 9.23 Å². The summed E-state index contributed by atoms with van der Waals surface area (Å²) in [6.45, 7) is 0. The van der Waals surface area contributed by atoms with Crippen LogP contribution in [0, 0.1) is 17.8 Å². The molecule has 0 aromatic carbocycles. The molecule has 4 fully saturated rings. The van der Waals surface area contributed by atoms with E-state index in [4.69, 9.17) is 4.74 Å². The van der Waals surface area contributed by atoms with E-state index in [0.717, 1.165) is 11.8 Å². The molecule has 0 aromatic rings. The van der Waals surface area contributed by atoms with Gasteiger partial charge in [0.1, 0.15) is 0 Å². The van der Waals surface area contributed by atoms with Crippen LogP contribution in [0.15, 0.2) is 0 Å². The Morgan fingerprint density at radius 1 is 1.25 bits per heavy atom. The van der Waals surface area contributed by atoms with Crippen molar-refractivity contribution >= 4 is 0 Å². The monoisotopic (exact) mass is 165 g/mol. The molecular weight excluding hydrogens is 148 g/mol. The summed E-state index contributed by atoms with van der Waals surface area (Å²) in [5, 5.41) is 0. The highest BCUT2D eigenvalue weighted by Crippen LogP contribution is 2.57. The van der Waals surface area contributed by atoms with Crippen molar-refractivity contribution < 1.29 is 4.74 Å². The van der Waals surface area contributed by atoms with Gasteiger partial charge in [0, 0.05) is 7.11 Å². The molecule has 1 radical (unpaired) electrons. The molecule has 0 amide bonds. The molecule has 1 heteroatoms. The Morgan fingerprint density at radius 3 is 2.42 bits per heavy atom. The maximum absolute atomic E-state index is 5.73. The molecule has 0 saturated heterocycles. The third kappa shape index (κ3) is 0.891. The lowest BCUT2D eigenvalue weighted by molar-refractivity contribution is -0.112. The fourth-order valence-corrected chi connectivity index (χ4v) is 3.97. The van der Waals surface area contributed by atoms with Gasteiger partial charge in [0.05, 0.1) is 5.60 Å². The molecular formula is C11H17O. The summed E-state index contributed by atoms with van der Waals surface area (Å²) in [4.78, 5) is 0. The van der Waals surface area contributed by atoms with Crippen LogP contribution in [0.5, 0.6) is 0 Å². The lowest BCUT2D eigenvalue weighted by atomic mass is 9.54. The lowest BCUT2D eigenvalue weighted by Gasteiger charge is -2.55. The largest absolute Gasteiger partial charge is 0.378 e. The molecule has 4 aliphatic carbocycles. The van der Waals surface area contributed by atoms with Crippen molar-refractivity contribution in [3.05, 3.63) is 5.92 Å². The van der Waals surface area contributed by atoms with Gasteiger partial charge in [0.2, 0.25) is 0 Å². The first-order valence-electron chi connectivity index (χ1n) is 5.18. The Kier molecular flexibility index (Phi) is 1.39. The van der Waals surface area contributed by atoms with Crippen LogP contribution in [0.2, 0.25) is 0 Å². The van der Waals surface area contributed by atoms with Gasteiger partial charge in [-0.25, -0.2) is 0 Å². The van der Waals surface area contributed by atoms with Gasteiger partial charge < -0.3 is 4.74 Å². The summed E-state index contributed by atoms with van der Waals surface area (Å²) in [6.07, 6.45) is 8.35. The molecule has 2 atom stereocenters. The van der Waals surface area contributed by atoms with Crippen LogP contribution in [0.3, 0.4) is 0 Å². The first-order chi connectivity index (χ1) is 5.80. The average Bonchev–Trinajstić information content (AvgIpc) is 2.02. The molecule has 0 aromatic heterocycles. The Labute approximate surface area is 74.5 Å². The van der Waals surface area contributed by atoms with Crippen LogP contribution in [0.4, 0.5) is 0 Å². The standard InChI is InChI=1S/C11H17O/c1-12-11-5-8-2-9(6-11)4-10(3-8)7-11/h8-9H,2-7H2,1H3. The van der Waals surface area contributed by atoms with Crippen LogP contribution < -0.4 is 0 Å². The van der Waals surface area contributed by atoms with Crippen LogP contribution >= 0.6 is 0 Å². The molecule has 0 spiro atoms. The molecule has 0 aliphatic heterocycles.